The summed E-state index contributed by atoms with van der Waals surface area (Å²) < 4.78 is 5.03. The molecule has 1 aliphatic heterocycles. The van der Waals surface area contributed by atoms with Crippen LogP contribution in [0.3, 0.4) is 0 Å². The molecule has 3 rings (SSSR count). The maximum absolute atomic E-state index is 12.7. The van der Waals surface area contributed by atoms with Crippen LogP contribution in [0.25, 0.3) is 0 Å². The van der Waals surface area contributed by atoms with E-state index in [0.717, 1.165) is 5.56 Å². The third-order valence-electron chi connectivity index (χ3n) is 5.30. The smallest absolute Gasteiger partial charge is 0.308 e. The molecule has 1 unspecified atom stereocenters. The standard InChI is InChI=1S/C25H30ClN5O6/c1-3-37-23(35)10-21(15-4-14(2)5-17(26)6-15)31-22(34)13-27-24(36)16-7-18(9-19(32)8-16)30-25-28-11-20(33)12-29-25/h4-9,20-21,32-33H,3,10-13H2,1-2H3,(H,27,36)(H,31,34)(H2,28,29,30)/t21-/m0/s1. The number of phenolic OH excluding ortho intramolecular Hbond substituents is 1. The molecule has 0 spiro atoms. The second-order valence-electron chi connectivity index (χ2n) is 8.49. The molecule has 12 heteroatoms. The zero-order valence-electron chi connectivity index (χ0n) is 20.5. The van der Waals surface area contributed by atoms with E-state index in [9.17, 15) is 24.6 Å². The summed E-state index contributed by atoms with van der Waals surface area (Å²) in [7, 11) is 0. The number of benzene rings is 2. The maximum atomic E-state index is 12.7. The highest BCUT2D eigenvalue weighted by Crippen LogP contribution is 2.23. The fourth-order valence-corrected chi connectivity index (χ4v) is 3.98. The van der Waals surface area contributed by atoms with E-state index in [2.05, 4.69) is 26.3 Å². The van der Waals surface area contributed by atoms with E-state index in [1.807, 2.05) is 13.0 Å². The van der Waals surface area contributed by atoms with E-state index in [1.54, 1.807) is 19.1 Å². The molecule has 2 aromatic rings. The Labute approximate surface area is 219 Å². The van der Waals surface area contributed by atoms with Crippen molar-refractivity contribution in [1.29, 1.82) is 0 Å². The summed E-state index contributed by atoms with van der Waals surface area (Å²) >= 11 is 6.16. The van der Waals surface area contributed by atoms with Gasteiger partial charge in [0.05, 0.1) is 38.3 Å². The van der Waals surface area contributed by atoms with Crippen LogP contribution in [0.15, 0.2) is 41.4 Å². The predicted octanol–water partition coefficient (Wildman–Crippen LogP) is 1.63. The normalized spacial score (nSPS) is 15.6. The third-order valence-corrected chi connectivity index (χ3v) is 5.51. The van der Waals surface area contributed by atoms with Gasteiger partial charge in [0.15, 0.2) is 5.96 Å². The highest BCUT2D eigenvalue weighted by Gasteiger charge is 2.21. The lowest BCUT2D eigenvalue weighted by molar-refractivity contribution is -0.143. The number of β-amino-alcohol motifs (C(OH)–C–C–N with tert-alkyl or cyclic N) is 1. The van der Waals surface area contributed by atoms with Gasteiger partial charge < -0.3 is 36.2 Å². The monoisotopic (exact) mass is 531 g/mol. The van der Waals surface area contributed by atoms with Crippen molar-refractivity contribution in [1.82, 2.24) is 16.0 Å². The number of carbonyl (C=O) groups is 3. The Balaban J connectivity index is 1.64. The number of aliphatic hydroxyl groups is 1. The summed E-state index contributed by atoms with van der Waals surface area (Å²) in [6.45, 7) is 3.91. The minimum Gasteiger partial charge on any atom is -0.508 e. The molecule has 11 nitrogen and oxygen atoms in total. The van der Waals surface area contributed by atoms with E-state index < -0.39 is 29.9 Å². The molecule has 1 aliphatic rings. The van der Waals surface area contributed by atoms with E-state index in [-0.39, 0.29) is 37.4 Å². The quantitative estimate of drug-likeness (QED) is 0.266. The molecular weight excluding hydrogens is 502 g/mol. The molecule has 0 aromatic heterocycles. The molecule has 0 fully saturated rings. The van der Waals surface area contributed by atoms with Crippen LogP contribution in [0.4, 0.5) is 5.69 Å². The van der Waals surface area contributed by atoms with Crippen molar-refractivity contribution < 1.29 is 29.3 Å². The Morgan fingerprint density at radius 1 is 1.22 bits per heavy atom. The van der Waals surface area contributed by atoms with Crippen LogP contribution in [0.1, 0.15) is 40.9 Å². The first-order valence-corrected chi connectivity index (χ1v) is 12.1. The maximum Gasteiger partial charge on any atom is 0.308 e. The Bertz CT molecular complexity index is 1170. The molecule has 6 N–H and O–H groups in total. The van der Waals surface area contributed by atoms with Crippen molar-refractivity contribution in [3.05, 3.63) is 58.1 Å². The number of phenols is 1. The number of hydrogen-bond donors (Lipinski definition) is 6. The van der Waals surface area contributed by atoms with Crippen LogP contribution < -0.4 is 21.3 Å². The number of aliphatic imine (C=N–C) groups is 1. The van der Waals surface area contributed by atoms with Gasteiger partial charge >= 0.3 is 5.97 Å². The van der Waals surface area contributed by atoms with Gasteiger partial charge in [0.25, 0.3) is 5.91 Å². The zero-order valence-corrected chi connectivity index (χ0v) is 21.3. The van der Waals surface area contributed by atoms with Gasteiger partial charge in [0, 0.05) is 28.9 Å². The predicted molar refractivity (Wildman–Crippen MR) is 139 cm³/mol. The van der Waals surface area contributed by atoms with E-state index >= 15 is 0 Å². The number of aromatic hydroxyl groups is 1. The summed E-state index contributed by atoms with van der Waals surface area (Å²) in [5.74, 6) is -1.38. The van der Waals surface area contributed by atoms with Crippen LogP contribution >= 0.6 is 11.6 Å². The molecule has 2 aromatic carbocycles. The Kier molecular flexibility index (Phi) is 9.70. The summed E-state index contributed by atoms with van der Waals surface area (Å²) in [6.07, 6.45) is -0.689. The molecule has 198 valence electrons. The van der Waals surface area contributed by atoms with Crippen LogP contribution in [0.2, 0.25) is 5.02 Å². The Hall–Kier alpha value is -3.83. The largest absolute Gasteiger partial charge is 0.508 e. The Morgan fingerprint density at radius 3 is 2.68 bits per heavy atom. The number of ether oxygens (including phenoxy) is 1. The lowest BCUT2D eigenvalue weighted by atomic mass is 10.0. The van der Waals surface area contributed by atoms with E-state index in [1.165, 1.54) is 18.2 Å². The molecule has 0 radical (unpaired) electrons. The lowest BCUT2D eigenvalue weighted by Gasteiger charge is -2.20. The number of nitrogens with one attached hydrogen (secondary N) is 4. The first-order chi connectivity index (χ1) is 17.6. The number of aryl methyl sites for hydroxylation is 1. The van der Waals surface area contributed by atoms with Crippen LogP contribution in [0, 0.1) is 6.92 Å². The SMILES string of the molecule is CCOC(=O)C[C@H](NC(=O)CNC(=O)c1cc(O)cc(NC2=NCC(O)CN2)c1)c1cc(C)cc(Cl)c1. The molecule has 37 heavy (non-hydrogen) atoms. The first-order valence-electron chi connectivity index (χ1n) is 11.7. The number of anilines is 1. The second kappa shape index (κ2) is 12.9. The van der Waals surface area contributed by atoms with Gasteiger partial charge in [0.2, 0.25) is 5.91 Å². The van der Waals surface area contributed by atoms with Crippen molar-refractivity contribution in [2.45, 2.75) is 32.4 Å². The highest BCUT2D eigenvalue weighted by atomic mass is 35.5. The van der Waals surface area contributed by atoms with Crippen molar-refractivity contribution in [3.63, 3.8) is 0 Å². The second-order valence-corrected chi connectivity index (χ2v) is 8.93. The first kappa shape index (κ1) is 27.8. The van der Waals surface area contributed by atoms with Gasteiger partial charge in [-0.3, -0.25) is 19.4 Å². The minimum absolute atomic E-state index is 0.107. The van der Waals surface area contributed by atoms with Crippen molar-refractivity contribution >= 4 is 41.0 Å². The lowest BCUT2D eigenvalue weighted by Crippen LogP contribution is -2.42. The molecular formula is C25H30ClN5O6. The van der Waals surface area contributed by atoms with E-state index in [4.69, 9.17) is 16.3 Å². The van der Waals surface area contributed by atoms with Crippen LogP contribution in [-0.2, 0) is 14.3 Å². The summed E-state index contributed by atoms with van der Waals surface area (Å²) in [4.78, 5) is 41.6. The van der Waals surface area contributed by atoms with Crippen molar-refractivity contribution in [2.24, 2.45) is 4.99 Å². The van der Waals surface area contributed by atoms with Crippen LogP contribution in [0.5, 0.6) is 5.75 Å². The summed E-state index contributed by atoms with van der Waals surface area (Å²) in [5, 5.41) is 31.1. The number of halogens is 1. The van der Waals surface area contributed by atoms with Crippen molar-refractivity contribution in [2.75, 3.05) is 31.6 Å². The molecule has 0 aliphatic carbocycles. The van der Waals surface area contributed by atoms with Gasteiger partial charge in [-0.2, -0.15) is 0 Å². The molecule has 0 saturated carbocycles. The molecule has 0 bridgehead atoms. The number of nitrogens with zero attached hydrogens (tertiary/aromatic N) is 1. The summed E-state index contributed by atoms with van der Waals surface area (Å²) in [5.41, 5.74) is 1.99. The van der Waals surface area contributed by atoms with Gasteiger partial charge in [-0.05, 0) is 49.2 Å². The number of esters is 1. The number of carbonyl (C=O) groups excluding carboxylic acids is 3. The third kappa shape index (κ3) is 8.65. The number of hydrogen-bond acceptors (Lipinski definition) is 9. The topological polar surface area (TPSA) is 161 Å². The zero-order chi connectivity index (χ0) is 26.9. The van der Waals surface area contributed by atoms with Gasteiger partial charge in [-0.25, -0.2) is 0 Å². The number of guanidine groups is 1. The fourth-order valence-electron chi connectivity index (χ4n) is 3.68. The Morgan fingerprint density at radius 2 is 2.00 bits per heavy atom. The minimum atomic E-state index is -0.709. The fraction of sp³-hybridized carbons (Fsp3) is 0.360. The van der Waals surface area contributed by atoms with Gasteiger partial charge in [-0.1, -0.05) is 17.7 Å². The molecule has 2 atom stereocenters. The number of amides is 2. The molecule has 1 heterocycles. The van der Waals surface area contributed by atoms with Gasteiger partial charge in [0.1, 0.15) is 5.75 Å². The summed E-state index contributed by atoms with van der Waals surface area (Å²) in [6, 6.07) is 8.67. The van der Waals surface area contributed by atoms with Crippen molar-refractivity contribution in [3.8, 4) is 5.75 Å². The molecule has 0 saturated heterocycles. The average Bonchev–Trinajstić information content (AvgIpc) is 2.83. The highest BCUT2D eigenvalue weighted by molar-refractivity contribution is 6.30. The number of rotatable bonds is 9. The number of aliphatic hydroxyl groups excluding tert-OH is 1. The van der Waals surface area contributed by atoms with Gasteiger partial charge in [-0.15, -0.1) is 0 Å². The average molecular weight is 532 g/mol. The molecule has 2 amide bonds. The van der Waals surface area contributed by atoms with Crippen LogP contribution in [-0.4, -0.2) is 66.3 Å². The van der Waals surface area contributed by atoms with E-state index in [0.29, 0.717) is 28.8 Å².